The molecule has 0 aliphatic heterocycles. The summed E-state index contributed by atoms with van der Waals surface area (Å²) in [4.78, 5) is 24.7. The van der Waals surface area contributed by atoms with Gasteiger partial charge in [-0.1, -0.05) is 17.7 Å². The molecule has 0 aliphatic rings. The summed E-state index contributed by atoms with van der Waals surface area (Å²) < 4.78 is 14.1. The predicted octanol–water partition coefficient (Wildman–Crippen LogP) is 5.39. The van der Waals surface area contributed by atoms with E-state index in [4.69, 9.17) is 11.6 Å². The van der Waals surface area contributed by atoms with E-state index in [0.29, 0.717) is 22.2 Å². The number of nitrogens with one attached hydrogen (secondary N) is 2. The van der Waals surface area contributed by atoms with E-state index in [-0.39, 0.29) is 16.5 Å². The van der Waals surface area contributed by atoms with Crippen molar-refractivity contribution in [1.29, 1.82) is 0 Å². The van der Waals surface area contributed by atoms with Gasteiger partial charge < -0.3 is 5.32 Å². The highest BCUT2D eigenvalue weighted by Gasteiger charge is 2.14. The van der Waals surface area contributed by atoms with Crippen LogP contribution in [0, 0.1) is 5.82 Å². The summed E-state index contributed by atoms with van der Waals surface area (Å²) in [6, 6.07) is 13.4. The van der Waals surface area contributed by atoms with Crippen molar-refractivity contribution < 1.29 is 9.18 Å². The molecule has 2 heterocycles. The molecule has 0 radical (unpaired) electrons. The minimum atomic E-state index is -0.538. The van der Waals surface area contributed by atoms with Gasteiger partial charge in [-0.2, -0.15) is 0 Å². The summed E-state index contributed by atoms with van der Waals surface area (Å²) in [5.74, 6) is -0.198. The second kappa shape index (κ2) is 8.34. The van der Waals surface area contributed by atoms with E-state index in [0.717, 1.165) is 5.69 Å². The summed E-state index contributed by atoms with van der Waals surface area (Å²) >= 11 is 7.02. The molecule has 2 N–H and O–H groups in total. The molecule has 6 nitrogen and oxygen atoms in total. The fourth-order valence-corrected chi connectivity index (χ4v) is 3.42. The van der Waals surface area contributed by atoms with Gasteiger partial charge in [0.1, 0.15) is 12.1 Å². The quantitative estimate of drug-likeness (QED) is 0.448. The topological polar surface area (TPSA) is 79.8 Å². The van der Waals surface area contributed by atoms with E-state index in [1.165, 1.54) is 23.7 Å². The number of hydrogen-bond donors (Lipinski definition) is 2. The summed E-state index contributed by atoms with van der Waals surface area (Å²) in [5.41, 5.74) is 1.95. The predicted molar refractivity (Wildman–Crippen MR) is 112 cm³/mol. The fraction of sp³-hybridized carbons (Fsp3) is 0. The average molecular weight is 426 g/mol. The summed E-state index contributed by atoms with van der Waals surface area (Å²) in [6.45, 7) is 0. The van der Waals surface area contributed by atoms with Crippen LogP contribution in [0.3, 0.4) is 0 Å². The van der Waals surface area contributed by atoms with Gasteiger partial charge in [-0.3, -0.25) is 10.1 Å². The van der Waals surface area contributed by atoms with Crippen molar-refractivity contribution in [3.63, 3.8) is 0 Å². The highest BCUT2D eigenvalue weighted by atomic mass is 35.5. The minimum Gasteiger partial charge on any atom is -0.340 e. The van der Waals surface area contributed by atoms with Crippen molar-refractivity contribution in [2.45, 2.75) is 0 Å². The first-order chi connectivity index (χ1) is 14.1. The first kappa shape index (κ1) is 19.0. The Morgan fingerprint density at radius 3 is 2.69 bits per heavy atom. The maximum Gasteiger partial charge on any atom is 0.257 e. The van der Waals surface area contributed by atoms with Gasteiger partial charge in [0.15, 0.2) is 10.9 Å². The van der Waals surface area contributed by atoms with Gasteiger partial charge in [-0.15, -0.1) is 11.3 Å². The lowest BCUT2D eigenvalue weighted by atomic mass is 10.1. The van der Waals surface area contributed by atoms with Gasteiger partial charge in [0, 0.05) is 28.4 Å². The molecule has 29 heavy (non-hydrogen) atoms. The Bertz CT molecular complexity index is 1150. The van der Waals surface area contributed by atoms with Crippen LogP contribution in [0.15, 0.2) is 66.4 Å². The van der Waals surface area contributed by atoms with Crippen molar-refractivity contribution >= 4 is 45.5 Å². The molecule has 2 aromatic heterocycles. The second-order valence-electron chi connectivity index (χ2n) is 5.89. The zero-order valence-corrected chi connectivity index (χ0v) is 16.3. The molecular weight excluding hydrogens is 413 g/mol. The molecule has 4 aromatic rings. The smallest absolute Gasteiger partial charge is 0.257 e. The van der Waals surface area contributed by atoms with Gasteiger partial charge >= 0.3 is 0 Å². The van der Waals surface area contributed by atoms with Gasteiger partial charge in [0.05, 0.1) is 10.7 Å². The summed E-state index contributed by atoms with van der Waals surface area (Å²) in [7, 11) is 0. The number of hydrogen-bond acceptors (Lipinski definition) is 6. The third-order valence-corrected chi connectivity index (χ3v) is 5.00. The van der Waals surface area contributed by atoms with Crippen molar-refractivity contribution in [3.05, 3.63) is 82.8 Å². The van der Waals surface area contributed by atoms with Crippen LogP contribution in [0.25, 0.3) is 11.3 Å². The third kappa shape index (κ3) is 4.39. The van der Waals surface area contributed by atoms with Crippen LogP contribution < -0.4 is 10.6 Å². The molecule has 0 spiro atoms. The Morgan fingerprint density at radius 2 is 1.93 bits per heavy atom. The van der Waals surface area contributed by atoms with E-state index >= 15 is 0 Å². The lowest BCUT2D eigenvalue weighted by molar-refractivity contribution is 0.102. The van der Waals surface area contributed by atoms with Crippen molar-refractivity contribution in [2.75, 3.05) is 10.6 Å². The van der Waals surface area contributed by atoms with Crippen LogP contribution in [0.4, 0.5) is 21.0 Å². The van der Waals surface area contributed by atoms with E-state index in [9.17, 15) is 9.18 Å². The number of anilines is 3. The molecule has 0 bridgehead atoms. The molecule has 0 saturated heterocycles. The Morgan fingerprint density at radius 1 is 1.10 bits per heavy atom. The lowest BCUT2D eigenvalue weighted by Crippen LogP contribution is -2.11. The maximum absolute atomic E-state index is 14.1. The number of nitrogens with zero attached hydrogens (tertiary/aromatic N) is 3. The van der Waals surface area contributed by atoms with Crippen LogP contribution in [-0.2, 0) is 0 Å². The Hall–Kier alpha value is -3.36. The number of thiazole rings is 1. The third-order valence-electron chi connectivity index (χ3n) is 3.95. The van der Waals surface area contributed by atoms with Crippen molar-refractivity contribution in [2.24, 2.45) is 0 Å². The van der Waals surface area contributed by atoms with Gasteiger partial charge in [0.25, 0.3) is 5.91 Å². The average Bonchev–Trinajstić information content (AvgIpc) is 3.19. The second-order valence-corrected chi connectivity index (χ2v) is 7.16. The van der Waals surface area contributed by atoms with E-state index in [1.54, 1.807) is 54.0 Å². The Kier molecular flexibility index (Phi) is 5.46. The summed E-state index contributed by atoms with van der Waals surface area (Å²) in [6.07, 6.45) is 3.08. The van der Waals surface area contributed by atoms with Gasteiger partial charge in [0.2, 0.25) is 0 Å². The number of carbonyl (C=O) groups excluding carboxylic acids is 1. The first-order valence-electron chi connectivity index (χ1n) is 8.44. The zero-order chi connectivity index (χ0) is 20.2. The molecule has 2 aromatic carbocycles. The van der Waals surface area contributed by atoms with Crippen molar-refractivity contribution in [1.82, 2.24) is 15.0 Å². The number of halogens is 2. The lowest BCUT2D eigenvalue weighted by Gasteiger charge is -2.06. The molecular formula is C20H13ClFN5OS. The number of amides is 1. The van der Waals surface area contributed by atoms with Crippen LogP contribution >= 0.6 is 22.9 Å². The molecule has 0 unspecified atom stereocenters. The molecule has 144 valence electrons. The number of rotatable bonds is 5. The van der Waals surface area contributed by atoms with Crippen molar-refractivity contribution in [3.8, 4) is 11.3 Å². The van der Waals surface area contributed by atoms with Gasteiger partial charge in [-0.25, -0.2) is 19.3 Å². The van der Waals surface area contributed by atoms with Crippen LogP contribution in [0.2, 0.25) is 5.02 Å². The monoisotopic (exact) mass is 425 g/mol. The molecule has 4 rings (SSSR count). The highest BCUT2D eigenvalue weighted by Crippen LogP contribution is 2.30. The Balaban J connectivity index is 1.44. The first-order valence-corrected chi connectivity index (χ1v) is 9.70. The van der Waals surface area contributed by atoms with Gasteiger partial charge in [-0.05, 0) is 42.5 Å². The van der Waals surface area contributed by atoms with E-state index in [1.807, 2.05) is 0 Å². The molecule has 0 aliphatic carbocycles. The maximum atomic E-state index is 14.1. The Labute approximate surface area is 174 Å². The van der Waals surface area contributed by atoms with E-state index in [2.05, 4.69) is 25.6 Å². The van der Waals surface area contributed by atoms with E-state index < -0.39 is 5.82 Å². The number of benzene rings is 2. The largest absolute Gasteiger partial charge is 0.340 e. The molecule has 0 saturated carbocycles. The highest BCUT2D eigenvalue weighted by molar-refractivity contribution is 7.14. The standard InChI is InChI=1S/C20H13ClFN5OS/c21-15-3-1-2-14(18(15)22)16-10-29-20(26-16)27-19(28)12-4-6-13(7-5-12)25-17-8-9-23-11-24-17/h1-11H,(H,23,24,25)(H,26,27,28). The fourth-order valence-electron chi connectivity index (χ4n) is 2.54. The minimum absolute atomic E-state index is 0.0248. The van der Waals surface area contributed by atoms with Crippen LogP contribution in [0.5, 0.6) is 0 Å². The summed E-state index contributed by atoms with van der Waals surface area (Å²) in [5, 5.41) is 7.89. The molecule has 0 atom stereocenters. The molecule has 0 fully saturated rings. The normalized spacial score (nSPS) is 10.6. The SMILES string of the molecule is O=C(Nc1nc(-c2cccc(Cl)c2F)cs1)c1ccc(Nc2ccncn2)cc1. The van der Waals surface area contributed by atoms with Crippen LogP contribution in [0.1, 0.15) is 10.4 Å². The van der Waals surface area contributed by atoms with Crippen LogP contribution in [-0.4, -0.2) is 20.9 Å². The number of carbonyl (C=O) groups is 1. The number of aromatic nitrogens is 3. The molecule has 9 heteroatoms. The zero-order valence-electron chi connectivity index (χ0n) is 14.8. The molecule has 1 amide bonds.